The van der Waals surface area contributed by atoms with E-state index in [4.69, 9.17) is 4.74 Å². The molecule has 3 heterocycles. The van der Waals surface area contributed by atoms with Gasteiger partial charge in [-0.25, -0.2) is 4.98 Å². The van der Waals surface area contributed by atoms with Crippen molar-refractivity contribution in [1.29, 1.82) is 0 Å². The van der Waals surface area contributed by atoms with Crippen molar-refractivity contribution >= 4 is 33.7 Å². The Balaban J connectivity index is 1.63. The number of piperidine rings is 1. The number of hydrogen-bond acceptors (Lipinski definition) is 7. The largest absolute Gasteiger partial charge is 0.592 e. The molecule has 1 N–H and O–H groups in total. The van der Waals surface area contributed by atoms with Gasteiger partial charge in [0, 0.05) is 37.0 Å². The number of thiazole rings is 1. The molecule has 0 aliphatic carbocycles. The summed E-state index contributed by atoms with van der Waals surface area (Å²) < 4.78 is 21.5. The van der Waals surface area contributed by atoms with Crippen molar-refractivity contribution in [2.24, 2.45) is 0 Å². The third-order valence-corrected chi connectivity index (χ3v) is 6.51. The van der Waals surface area contributed by atoms with Crippen LogP contribution in [0.5, 0.6) is 5.75 Å². The first kappa shape index (κ1) is 19.1. The summed E-state index contributed by atoms with van der Waals surface area (Å²) in [6, 6.07) is 3.84. The Kier molecular flexibility index (Phi) is 6.13. The van der Waals surface area contributed by atoms with Crippen molar-refractivity contribution in [2.45, 2.75) is 43.9 Å². The first-order valence-corrected chi connectivity index (χ1v) is 10.4. The van der Waals surface area contributed by atoms with Crippen molar-refractivity contribution in [1.82, 2.24) is 14.3 Å². The number of carbonyl (C=O) groups is 1. The number of rotatable bonds is 5. The van der Waals surface area contributed by atoms with Crippen LogP contribution in [-0.2, 0) is 16.2 Å². The zero-order chi connectivity index (χ0) is 18.7. The predicted octanol–water partition coefficient (Wildman–Crippen LogP) is 2.68. The van der Waals surface area contributed by atoms with Crippen molar-refractivity contribution in [3.63, 3.8) is 0 Å². The van der Waals surface area contributed by atoms with Gasteiger partial charge in [-0.3, -0.25) is 9.78 Å². The molecule has 2 aromatic heterocycles. The quantitative estimate of drug-likeness (QED) is 0.784. The van der Waals surface area contributed by atoms with Crippen LogP contribution in [0.2, 0.25) is 0 Å². The minimum Gasteiger partial charge on any atom is -0.592 e. The highest BCUT2D eigenvalue weighted by atomic mass is 32.2. The third-order valence-electron chi connectivity index (χ3n) is 3.87. The summed E-state index contributed by atoms with van der Waals surface area (Å²) in [6.45, 7) is 6.64. The van der Waals surface area contributed by atoms with Crippen LogP contribution in [0.15, 0.2) is 22.5 Å². The molecular weight excluding hydrogens is 372 g/mol. The second kappa shape index (κ2) is 8.34. The molecule has 1 fully saturated rings. The Labute approximate surface area is 160 Å². The Bertz CT molecular complexity index is 763. The maximum atomic E-state index is 12.8. The first-order valence-electron chi connectivity index (χ1n) is 8.43. The SMILES string of the molecule is CC(=O)Nc1ncc([S+]([O-])N2CCCC(Oc3cc(C)nc(C)c3)C2)s1. The molecule has 0 radical (unpaired) electrons. The second-order valence-corrected chi connectivity index (χ2v) is 9.01. The molecule has 9 heteroatoms. The summed E-state index contributed by atoms with van der Waals surface area (Å²) in [7, 11) is 0. The summed E-state index contributed by atoms with van der Waals surface area (Å²) in [6.07, 6.45) is 3.38. The number of anilines is 1. The Morgan fingerprint density at radius 3 is 2.85 bits per heavy atom. The fraction of sp³-hybridized carbons (Fsp3) is 0.471. The lowest BCUT2D eigenvalue weighted by Crippen LogP contribution is -2.44. The van der Waals surface area contributed by atoms with Gasteiger partial charge in [-0.05, 0) is 38.0 Å². The number of aromatic nitrogens is 2. The lowest BCUT2D eigenvalue weighted by atomic mass is 10.1. The van der Waals surface area contributed by atoms with Gasteiger partial charge in [0.1, 0.15) is 11.9 Å². The number of nitrogens with zero attached hydrogens (tertiary/aromatic N) is 3. The van der Waals surface area contributed by atoms with E-state index in [0.29, 0.717) is 15.9 Å². The van der Waals surface area contributed by atoms with E-state index in [1.165, 1.54) is 18.3 Å². The molecule has 3 rings (SSSR count). The minimum absolute atomic E-state index is 0.0170. The molecule has 1 saturated heterocycles. The highest BCUT2D eigenvalue weighted by Gasteiger charge is 2.32. The van der Waals surface area contributed by atoms with E-state index in [9.17, 15) is 9.35 Å². The molecule has 7 nitrogen and oxygen atoms in total. The number of pyridine rings is 1. The van der Waals surface area contributed by atoms with Gasteiger partial charge < -0.3 is 14.6 Å². The maximum Gasteiger partial charge on any atom is 0.249 e. The Morgan fingerprint density at radius 2 is 2.15 bits per heavy atom. The van der Waals surface area contributed by atoms with Crippen molar-refractivity contribution < 1.29 is 14.1 Å². The summed E-state index contributed by atoms with van der Waals surface area (Å²) in [5, 5.41) is 3.09. The van der Waals surface area contributed by atoms with Gasteiger partial charge in [-0.2, -0.15) is 0 Å². The normalized spacial score (nSPS) is 19.2. The first-order chi connectivity index (χ1) is 12.4. The monoisotopic (exact) mass is 394 g/mol. The summed E-state index contributed by atoms with van der Waals surface area (Å²) >= 11 is -0.0675. The van der Waals surface area contributed by atoms with Crippen LogP contribution in [0.4, 0.5) is 5.13 Å². The van der Waals surface area contributed by atoms with Crippen molar-refractivity contribution in [3.05, 3.63) is 29.7 Å². The lowest BCUT2D eigenvalue weighted by Gasteiger charge is -2.31. The lowest BCUT2D eigenvalue weighted by molar-refractivity contribution is -0.114. The molecular formula is C17H22N4O3S2. The topological polar surface area (TPSA) is 90.4 Å². The number of nitrogens with one attached hydrogen (secondary N) is 1. The smallest absolute Gasteiger partial charge is 0.249 e. The fourth-order valence-electron chi connectivity index (χ4n) is 2.88. The van der Waals surface area contributed by atoms with Crippen LogP contribution in [-0.4, -0.2) is 43.9 Å². The van der Waals surface area contributed by atoms with Gasteiger partial charge in [-0.1, -0.05) is 0 Å². The number of carbonyl (C=O) groups excluding carboxylic acids is 1. The number of hydrogen-bond donors (Lipinski definition) is 1. The van der Waals surface area contributed by atoms with Gasteiger partial charge in [0.15, 0.2) is 5.13 Å². The average Bonchev–Trinajstić information content (AvgIpc) is 3.01. The summed E-state index contributed by atoms with van der Waals surface area (Å²) in [4.78, 5) is 19.6. The van der Waals surface area contributed by atoms with Gasteiger partial charge in [0.2, 0.25) is 10.1 Å². The molecule has 1 aliphatic heterocycles. The molecule has 0 saturated carbocycles. The average molecular weight is 395 g/mol. The highest BCUT2D eigenvalue weighted by molar-refractivity contribution is 7.91. The predicted molar refractivity (Wildman–Crippen MR) is 102 cm³/mol. The van der Waals surface area contributed by atoms with Crippen LogP contribution in [0, 0.1) is 13.8 Å². The molecule has 2 atom stereocenters. The molecule has 1 aliphatic rings. The van der Waals surface area contributed by atoms with Gasteiger partial charge in [0.25, 0.3) is 0 Å². The highest BCUT2D eigenvalue weighted by Crippen LogP contribution is 2.29. The molecule has 1 amide bonds. The molecule has 2 aromatic rings. The number of amides is 1. The van der Waals surface area contributed by atoms with E-state index < -0.39 is 11.4 Å². The van der Waals surface area contributed by atoms with Crippen LogP contribution in [0.3, 0.4) is 0 Å². The van der Waals surface area contributed by atoms with E-state index in [-0.39, 0.29) is 12.0 Å². The van der Waals surface area contributed by atoms with Crippen molar-refractivity contribution in [3.8, 4) is 5.75 Å². The number of ether oxygens (including phenoxy) is 1. The van der Waals surface area contributed by atoms with Crippen LogP contribution >= 0.6 is 11.3 Å². The van der Waals surface area contributed by atoms with Crippen LogP contribution in [0.25, 0.3) is 0 Å². The maximum absolute atomic E-state index is 12.8. The molecule has 0 bridgehead atoms. The molecule has 0 spiro atoms. The molecule has 26 heavy (non-hydrogen) atoms. The summed E-state index contributed by atoms with van der Waals surface area (Å²) in [5.41, 5.74) is 1.85. The third kappa shape index (κ3) is 4.94. The fourth-order valence-corrected chi connectivity index (χ4v) is 5.31. The van der Waals surface area contributed by atoms with Gasteiger partial charge in [-0.15, -0.1) is 4.31 Å². The van der Waals surface area contributed by atoms with E-state index in [2.05, 4.69) is 15.3 Å². The Morgan fingerprint density at radius 1 is 1.42 bits per heavy atom. The van der Waals surface area contributed by atoms with Gasteiger partial charge >= 0.3 is 0 Å². The van der Waals surface area contributed by atoms with E-state index in [1.807, 2.05) is 30.3 Å². The molecule has 140 valence electrons. The van der Waals surface area contributed by atoms with Crippen LogP contribution < -0.4 is 10.1 Å². The number of aryl methyl sites for hydroxylation is 2. The summed E-state index contributed by atoms with van der Waals surface area (Å²) in [5.74, 6) is 0.615. The van der Waals surface area contributed by atoms with E-state index >= 15 is 0 Å². The standard InChI is InChI=1S/C17H22N4O3S2/c1-11-7-15(8-12(2)19-11)24-14-5-4-6-21(10-14)26(23)16-9-18-17(25-16)20-13(3)22/h7-9,14H,4-6,10H2,1-3H3,(H,18,20,22). The second-order valence-electron chi connectivity index (χ2n) is 6.27. The Hall–Kier alpha value is -1.68. The minimum atomic E-state index is -1.31. The van der Waals surface area contributed by atoms with E-state index in [1.54, 1.807) is 6.20 Å². The van der Waals surface area contributed by atoms with Gasteiger partial charge in [0.05, 0.1) is 24.1 Å². The van der Waals surface area contributed by atoms with Crippen molar-refractivity contribution in [2.75, 3.05) is 18.4 Å². The zero-order valence-electron chi connectivity index (χ0n) is 15.0. The van der Waals surface area contributed by atoms with Crippen LogP contribution in [0.1, 0.15) is 31.2 Å². The molecule has 2 unspecified atom stereocenters. The zero-order valence-corrected chi connectivity index (χ0v) is 16.7. The molecule has 0 aromatic carbocycles. The van der Waals surface area contributed by atoms with E-state index in [0.717, 1.165) is 36.5 Å².